The summed E-state index contributed by atoms with van der Waals surface area (Å²) >= 11 is 6.04. The first-order valence-electron chi connectivity index (χ1n) is 11.9. The second-order valence-electron chi connectivity index (χ2n) is 9.78. The van der Waals surface area contributed by atoms with E-state index in [1.165, 1.54) is 17.2 Å². The quantitative estimate of drug-likeness (QED) is 0.506. The number of hydrogen-bond acceptors (Lipinski definition) is 7. The van der Waals surface area contributed by atoms with Gasteiger partial charge in [-0.15, -0.1) is 0 Å². The molecule has 1 atom stereocenters. The number of fused-ring (bicyclic) bond motifs is 2. The summed E-state index contributed by atoms with van der Waals surface area (Å²) in [7, 11) is -4.11. The van der Waals surface area contributed by atoms with Gasteiger partial charge in [-0.3, -0.25) is 9.59 Å². The SMILES string of the molecule is O=C(c1ccco1)N1CCC2(CC1)CN1C(=O)CN(S(=O)(=O)c3cc4cc(Cl)ccc4[nH]3)CC1(CO)O2. The van der Waals surface area contributed by atoms with Gasteiger partial charge in [0, 0.05) is 29.0 Å². The van der Waals surface area contributed by atoms with Gasteiger partial charge < -0.3 is 29.0 Å². The van der Waals surface area contributed by atoms with E-state index < -0.39 is 33.9 Å². The summed E-state index contributed by atoms with van der Waals surface area (Å²) in [5.74, 6) is -0.419. The highest BCUT2D eigenvalue weighted by molar-refractivity contribution is 7.89. The van der Waals surface area contributed by atoms with Crippen LogP contribution < -0.4 is 0 Å². The molecule has 5 heterocycles. The van der Waals surface area contributed by atoms with E-state index in [1.807, 2.05) is 0 Å². The average molecular weight is 549 g/mol. The van der Waals surface area contributed by atoms with Crippen molar-refractivity contribution in [3.05, 3.63) is 53.4 Å². The lowest BCUT2D eigenvalue weighted by Gasteiger charge is -2.43. The Balaban J connectivity index is 1.23. The largest absolute Gasteiger partial charge is 0.459 e. The zero-order chi connectivity index (χ0) is 26.0. The minimum absolute atomic E-state index is 0.0726. The number of aliphatic hydroxyl groups is 1. The Bertz CT molecular complexity index is 1480. The summed E-state index contributed by atoms with van der Waals surface area (Å²) < 4.78 is 39.7. The first-order chi connectivity index (χ1) is 17.6. The second kappa shape index (κ2) is 8.57. The average Bonchev–Trinajstić information content (AvgIpc) is 3.62. The zero-order valence-electron chi connectivity index (χ0n) is 19.7. The maximum Gasteiger partial charge on any atom is 0.289 e. The first-order valence-corrected chi connectivity index (χ1v) is 13.7. The minimum Gasteiger partial charge on any atom is -0.459 e. The maximum absolute atomic E-state index is 13.5. The summed E-state index contributed by atoms with van der Waals surface area (Å²) in [5, 5.41) is 11.4. The minimum atomic E-state index is -4.11. The summed E-state index contributed by atoms with van der Waals surface area (Å²) in [4.78, 5) is 31.9. The highest BCUT2D eigenvalue weighted by Gasteiger charge is 2.60. The van der Waals surface area contributed by atoms with Gasteiger partial charge in [0.15, 0.2) is 11.5 Å². The number of benzene rings is 1. The molecule has 13 heteroatoms. The van der Waals surface area contributed by atoms with Crippen LogP contribution in [0.1, 0.15) is 23.4 Å². The topological polar surface area (TPSA) is 136 Å². The fourth-order valence-electron chi connectivity index (χ4n) is 5.55. The van der Waals surface area contributed by atoms with Crippen LogP contribution in [0.2, 0.25) is 5.02 Å². The van der Waals surface area contributed by atoms with Crippen LogP contribution in [0.5, 0.6) is 0 Å². The molecule has 2 amide bonds. The Morgan fingerprint density at radius 1 is 1.16 bits per heavy atom. The molecule has 3 aliphatic rings. The number of piperidine rings is 1. The summed E-state index contributed by atoms with van der Waals surface area (Å²) in [6.45, 7) is -0.184. The highest BCUT2D eigenvalue weighted by Crippen LogP contribution is 2.43. The number of furan rings is 1. The number of nitrogens with one attached hydrogen (secondary N) is 1. The van der Waals surface area contributed by atoms with Gasteiger partial charge in [-0.05, 0) is 49.2 Å². The van der Waals surface area contributed by atoms with E-state index in [1.54, 1.807) is 35.2 Å². The van der Waals surface area contributed by atoms with Crippen LogP contribution in [0.4, 0.5) is 0 Å². The fraction of sp³-hybridized carbons (Fsp3) is 0.417. The Kier molecular flexibility index (Phi) is 5.66. The van der Waals surface area contributed by atoms with Crippen molar-refractivity contribution in [2.75, 3.05) is 39.3 Å². The zero-order valence-corrected chi connectivity index (χ0v) is 21.3. The van der Waals surface area contributed by atoms with Gasteiger partial charge in [0.25, 0.3) is 15.9 Å². The number of aliphatic hydroxyl groups excluding tert-OH is 1. The lowest BCUT2D eigenvalue weighted by atomic mass is 9.91. The lowest BCUT2D eigenvalue weighted by Crippen LogP contribution is -2.65. The standard InChI is InChI=1S/C24H25ClN4O7S/c25-17-3-4-18-16(10-17)11-20(26-18)37(33,34)28-12-21(31)29-13-23(36-24(29,14-28)15-30)5-7-27(8-6-23)22(32)19-2-1-9-35-19/h1-4,9-11,26,30H,5-8,12-15H2. The van der Waals surface area contributed by atoms with Crippen LogP contribution in [0.25, 0.3) is 10.9 Å². The van der Waals surface area contributed by atoms with Crippen molar-refractivity contribution in [3.63, 3.8) is 0 Å². The number of H-pyrrole nitrogens is 1. The van der Waals surface area contributed by atoms with Crippen molar-refractivity contribution in [1.82, 2.24) is 19.1 Å². The summed E-state index contributed by atoms with van der Waals surface area (Å²) in [6, 6.07) is 9.72. The van der Waals surface area contributed by atoms with Gasteiger partial charge in [0.1, 0.15) is 5.03 Å². The molecule has 1 unspecified atom stereocenters. The predicted octanol–water partition coefficient (Wildman–Crippen LogP) is 1.64. The Morgan fingerprint density at radius 3 is 2.65 bits per heavy atom. The number of likely N-dealkylation sites (tertiary alicyclic amines) is 1. The molecule has 1 spiro atoms. The van der Waals surface area contributed by atoms with Crippen molar-refractivity contribution in [1.29, 1.82) is 0 Å². The number of carbonyl (C=O) groups excluding carboxylic acids is 2. The van der Waals surface area contributed by atoms with E-state index in [-0.39, 0.29) is 36.3 Å². The number of amides is 2. The molecule has 3 fully saturated rings. The van der Waals surface area contributed by atoms with Crippen molar-refractivity contribution < 1.29 is 32.3 Å². The molecule has 1 aromatic carbocycles. The number of hydrogen-bond donors (Lipinski definition) is 2. The molecule has 3 aromatic rings. The number of aromatic nitrogens is 1. The molecule has 37 heavy (non-hydrogen) atoms. The maximum atomic E-state index is 13.5. The van der Waals surface area contributed by atoms with Crippen LogP contribution in [0.15, 0.2) is 52.1 Å². The van der Waals surface area contributed by atoms with Crippen LogP contribution >= 0.6 is 11.6 Å². The first kappa shape index (κ1) is 24.4. The molecule has 6 rings (SSSR count). The van der Waals surface area contributed by atoms with Gasteiger partial charge in [-0.1, -0.05) is 11.6 Å². The van der Waals surface area contributed by atoms with Crippen molar-refractivity contribution >= 4 is 44.3 Å². The number of aromatic amines is 1. The Hall–Kier alpha value is -2.90. The molecule has 11 nitrogen and oxygen atoms in total. The molecule has 2 aromatic heterocycles. The third kappa shape index (κ3) is 3.94. The van der Waals surface area contributed by atoms with Gasteiger partial charge in [0.2, 0.25) is 5.91 Å². The number of sulfonamides is 1. The smallest absolute Gasteiger partial charge is 0.289 e. The van der Waals surface area contributed by atoms with Crippen LogP contribution in [0.3, 0.4) is 0 Å². The van der Waals surface area contributed by atoms with Gasteiger partial charge in [-0.25, -0.2) is 8.42 Å². The number of carbonyl (C=O) groups is 2. The molecule has 3 aliphatic heterocycles. The predicted molar refractivity (Wildman–Crippen MR) is 131 cm³/mol. The van der Waals surface area contributed by atoms with Crippen LogP contribution in [0, 0.1) is 0 Å². The van der Waals surface area contributed by atoms with E-state index in [4.69, 9.17) is 20.8 Å². The number of halogens is 1. The van der Waals surface area contributed by atoms with Crippen molar-refractivity contribution in [2.24, 2.45) is 0 Å². The normalized spacial score (nSPS) is 24.2. The molecule has 0 saturated carbocycles. The van der Waals surface area contributed by atoms with Gasteiger partial charge in [-0.2, -0.15) is 4.31 Å². The lowest BCUT2D eigenvalue weighted by molar-refractivity contribution is -0.193. The molecule has 0 radical (unpaired) electrons. The molecule has 196 valence electrons. The van der Waals surface area contributed by atoms with Gasteiger partial charge >= 0.3 is 0 Å². The summed E-state index contributed by atoms with van der Waals surface area (Å²) in [6.07, 6.45) is 2.30. The molecule has 2 N–H and O–H groups in total. The monoisotopic (exact) mass is 548 g/mol. The van der Waals surface area contributed by atoms with Crippen molar-refractivity contribution in [3.8, 4) is 0 Å². The number of piperazine rings is 1. The highest BCUT2D eigenvalue weighted by atomic mass is 35.5. The number of ether oxygens (including phenoxy) is 1. The van der Waals surface area contributed by atoms with E-state index >= 15 is 0 Å². The van der Waals surface area contributed by atoms with E-state index in [0.29, 0.717) is 41.9 Å². The molecular weight excluding hydrogens is 524 g/mol. The fourth-order valence-corrected chi connectivity index (χ4v) is 7.18. The summed E-state index contributed by atoms with van der Waals surface area (Å²) in [5.41, 5.74) is -1.71. The molecular formula is C24H25ClN4O7S. The molecule has 0 aliphatic carbocycles. The Labute approximate surface area is 217 Å². The molecule has 3 saturated heterocycles. The van der Waals surface area contributed by atoms with Crippen LogP contribution in [-0.4, -0.2) is 95.1 Å². The van der Waals surface area contributed by atoms with E-state index in [9.17, 15) is 23.1 Å². The second-order valence-corrected chi connectivity index (χ2v) is 12.1. The Morgan fingerprint density at radius 2 is 1.95 bits per heavy atom. The van der Waals surface area contributed by atoms with E-state index in [0.717, 1.165) is 4.31 Å². The van der Waals surface area contributed by atoms with Crippen molar-refractivity contribution in [2.45, 2.75) is 29.2 Å². The number of nitrogens with zero attached hydrogens (tertiary/aromatic N) is 3. The molecule has 0 bridgehead atoms. The van der Waals surface area contributed by atoms with E-state index in [2.05, 4.69) is 4.98 Å². The van der Waals surface area contributed by atoms with Gasteiger partial charge in [0.05, 0.1) is 38.1 Å². The third-order valence-corrected chi connectivity index (χ3v) is 9.45. The third-order valence-electron chi connectivity index (χ3n) is 7.50. The van der Waals surface area contributed by atoms with Crippen LogP contribution in [-0.2, 0) is 19.6 Å². The number of rotatable bonds is 4.